The minimum atomic E-state index is -0.829. The monoisotopic (exact) mass is 957 g/mol. The van der Waals surface area contributed by atoms with Crippen LogP contribution in [0.1, 0.15) is 252 Å². The maximum atomic E-state index is 12.8. The first-order valence-electron chi connectivity index (χ1n) is 28.4. The molecule has 0 amide bonds. The van der Waals surface area contributed by atoms with Crippen molar-refractivity contribution in [3.05, 3.63) is 109 Å². The number of hydrogen-bond donors (Lipinski definition) is 0. The summed E-state index contributed by atoms with van der Waals surface area (Å²) < 4.78 is 16.7. The third-order valence-corrected chi connectivity index (χ3v) is 11.8. The number of carbonyl (C=O) groups excluding carboxylic acids is 3. The number of unbranched alkanes of at least 4 members (excludes halogenated alkanes) is 21. The van der Waals surface area contributed by atoms with Crippen molar-refractivity contribution in [1.29, 1.82) is 0 Å². The molecule has 0 rings (SSSR count). The Balaban J connectivity index is 4.57. The van der Waals surface area contributed by atoms with Crippen LogP contribution in [-0.4, -0.2) is 37.2 Å². The van der Waals surface area contributed by atoms with Crippen LogP contribution in [0.15, 0.2) is 109 Å². The molecule has 0 heterocycles. The average molecular weight is 958 g/mol. The summed E-state index contributed by atoms with van der Waals surface area (Å²) >= 11 is 0. The van der Waals surface area contributed by atoms with Gasteiger partial charge in [-0.1, -0.05) is 252 Å². The van der Waals surface area contributed by atoms with Gasteiger partial charge in [0.2, 0.25) is 0 Å². The van der Waals surface area contributed by atoms with Crippen LogP contribution in [0, 0.1) is 0 Å². The lowest BCUT2D eigenvalue weighted by atomic mass is 10.0. The zero-order chi connectivity index (χ0) is 50.0. The Morgan fingerprint density at radius 2 is 0.609 bits per heavy atom. The van der Waals surface area contributed by atoms with E-state index in [1.165, 1.54) is 122 Å². The van der Waals surface area contributed by atoms with Gasteiger partial charge in [-0.05, 0) is 89.9 Å². The van der Waals surface area contributed by atoms with E-state index >= 15 is 0 Å². The minimum Gasteiger partial charge on any atom is -0.462 e. The van der Waals surface area contributed by atoms with Gasteiger partial charge in [0.25, 0.3) is 0 Å². The van der Waals surface area contributed by atoms with E-state index in [-0.39, 0.29) is 44.0 Å². The standard InChI is InChI=1S/C63H104O6/c1-4-7-10-13-16-19-22-25-28-30-31-33-36-38-41-44-47-50-53-56-62(65)68-59-60(69-63(66)57-54-51-48-45-42-39-34-27-24-21-18-15-12-9-6-3)58-67-61(64)55-52-49-46-43-40-37-35-32-29-26-23-20-17-14-11-8-5-2/h7,10,16,19,25-26,28-29,31,33,35,37-38,41,43,46-47,50,60H,4-6,8-9,11-15,17-18,20-24,27,30,32,34,36,39-40,42,44-45,48-49,51-59H2,1-3H3/b10-7-,19-16-,28-25-,29-26-,33-31-,37-35-,41-38-,46-43-,50-47-/t60-/m0/s1. The van der Waals surface area contributed by atoms with Gasteiger partial charge in [-0.15, -0.1) is 0 Å². The molecule has 0 unspecified atom stereocenters. The van der Waals surface area contributed by atoms with Gasteiger partial charge in [-0.25, -0.2) is 0 Å². The largest absolute Gasteiger partial charge is 0.462 e. The number of ether oxygens (including phenoxy) is 3. The quantitative estimate of drug-likeness (QED) is 0.0262. The van der Waals surface area contributed by atoms with Gasteiger partial charge in [0.1, 0.15) is 13.2 Å². The Bertz CT molecular complexity index is 1420. The molecular weight excluding hydrogens is 853 g/mol. The fraction of sp³-hybridized carbons (Fsp3) is 0.667. The van der Waals surface area contributed by atoms with Crippen LogP contribution in [-0.2, 0) is 28.6 Å². The molecule has 0 aromatic rings. The van der Waals surface area contributed by atoms with Crippen molar-refractivity contribution >= 4 is 17.9 Å². The van der Waals surface area contributed by atoms with E-state index in [0.717, 1.165) is 77.0 Å². The molecule has 392 valence electrons. The molecule has 0 saturated heterocycles. The molecule has 0 N–H and O–H groups in total. The smallest absolute Gasteiger partial charge is 0.306 e. The van der Waals surface area contributed by atoms with Crippen LogP contribution in [0.4, 0.5) is 0 Å². The molecule has 1 atom stereocenters. The van der Waals surface area contributed by atoms with Crippen LogP contribution in [0.25, 0.3) is 0 Å². The zero-order valence-corrected chi connectivity index (χ0v) is 44.8. The highest BCUT2D eigenvalue weighted by atomic mass is 16.6. The van der Waals surface area contributed by atoms with E-state index in [4.69, 9.17) is 14.2 Å². The Morgan fingerprint density at radius 3 is 1.01 bits per heavy atom. The molecule has 6 nitrogen and oxygen atoms in total. The van der Waals surface area contributed by atoms with Gasteiger partial charge in [0.15, 0.2) is 6.10 Å². The molecule has 0 aromatic carbocycles. The second kappa shape index (κ2) is 56.7. The molecule has 0 aliphatic carbocycles. The maximum absolute atomic E-state index is 12.8. The first-order chi connectivity index (χ1) is 34.0. The summed E-state index contributed by atoms with van der Waals surface area (Å²) in [6.07, 6.45) is 76.7. The average Bonchev–Trinajstić information content (AvgIpc) is 3.35. The fourth-order valence-electron chi connectivity index (χ4n) is 7.54. The molecular formula is C63H104O6. The molecule has 0 aliphatic heterocycles. The second-order valence-electron chi connectivity index (χ2n) is 18.5. The van der Waals surface area contributed by atoms with E-state index in [9.17, 15) is 14.4 Å². The van der Waals surface area contributed by atoms with Crippen molar-refractivity contribution in [3.63, 3.8) is 0 Å². The van der Waals surface area contributed by atoms with E-state index in [0.29, 0.717) is 19.3 Å². The molecule has 0 saturated carbocycles. The lowest BCUT2D eigenvalue weighted by molar-refractivity contribution is -0.166. The first-order valence-corrected chi connectivity index (χ1v) is 28.4. The minimum absolute atomic E-state index is 0.127. The number of esters is 3. The summed E-state index contributed by atoms with van der Waals surface area (Å²) in [7, 11) is 0. The number of allylic oxidation sites excluding steroid dienone is 18. The Kier molecular flexibility index (Phi) is 53.4. The second-order valence-corrected chi connectivity index (χ2v) is 18.5. The van der Waals surface area contributed by atoms with E-state index in [1.807, 2.05) is 6.08 Å². The van der Waals surface area contributed by atoms with Gasteiger partial charge in [-0.3, -0.25) is 14.4 Å². The van der Waals surface area contributed by atoms with Gasteiger partial charge >= 0.3 is 17.9 Å². The molecule has 69 heavy (non-hydrogen) atoms. The number of carbonyl (C=O) groups is 3. The van der Waals surface area contributed by atoms with Crippen molar-refractivity contribution in [2.75, 3.05) is 13.2 Å². The summed E-state index contributed by atoms with van der Waals surface area (Å²) in [4.78, 5) is 38.1. The van der Waals surface area contributed by atoms with Gasteiger partial charge < -0.3 is 14.2 Å². The van der Waals surface area contributed by atoms with E-state index < -0.39 is 6.10 Å². The number of rotatable bonds is 50. The third kappa shape index (κ3) is 54.9. The molecule has 0 fully saturated rings. The Morgan fingerprint density at radius 1 is 0.304 bits per heavy atom. The lowest BCUT2D eigenvalue weighted by Gasteiger charge is -2.18. The summed E-state index contributed by atoms with van der Waals surface area (Å²) in [6, 6.07) is 0. The lowest BCUT2D eigenvalue weighted by Crippen LogP contribution is -2.30. The summed E-state index contributed by atoms with van der Waals surface area (Å²) in [5.41, 5.74) is 0. The molecule has 6 heteroatoms. The van der Waals surface area contributed by atoms with Crippen molar-refractivity contribution in [2.45, 2.75) is 258 Å². The van der Waals surface area contributed by atoms with Crippen molar-refractivity contribution in [2.24, 2.45) is 0 Å². The number of hydrogen-bond acceptors (Lipinski definition) is 6. The first kappa shape index (κ1) is 65.1. The van der Waals surface area contributed by atoms with Crippen molar-refractivity contribution in [1.82, 2.24) is 0 Å². The van der Waals surface area contributed by atoms with E-state index in [2.05, 4.69) is 124 Å². The highest BCUT2D eigenvalue weighted by Gasteiger charge is 2.19. The molecule has 0 aromatic heterocycles. The highest BCUT2D eigenvalue weighted by molar-refractivity contribution is 5.71. The Hall–Kier alpha value is -3.93. The SMILES string of the molecule is CC/C=C\C/C=C\C/C=C\C/C=C\C/C=C\C/C=C\CCC(=O)OC[C@H](COC(=O)CCC/C=C\C/C=C\C/C=C\CCCCCCCC)OC(=O)CCCCCCCCCCCCCCCCC. The Labute approximate surface area is 425 Å². The van der Waals surface area contributed by atoms with Gasteiger partial charge in [-0.2, -0.15) is 0 Å². The highest BCUT2D eigenvalue weighted by Crippen LogP contribution is 2.15. The predicted molar refractivity (Wildman–Crippen MR) is 297 cm³/mol. The van der Waals surface area contributed by atoms with Crippen LogP contribution < -0.4 is 0 Å². The topological polar surface area (TPSA) is 78.9 Å². The van der Waals surface area contributed by atoms with Gasteiger partial charge in [0.05, 0.1) is 0 Å². The van der Waals surface area contributed by atoms with Crippen molar-refractivity contribution in [3.8, 4) is 0 Å². The summed E-state index contributed by atoms with van der Waals surface area (Å²) in [5.74, 6) is -1.06. The van der Waals surface area contributed by atoms with Crippen molar-refractivity contribution < 1.29 is 28.6 Å². The summed E-state index contributed by atoms with van der Waals surface area (Å²) in [5, 5.41) is 0. The molecule has 0 bridgehead atoms. The van der Waals surface area contributed by atoms with Crippen LogP contribution in [0.5, 0.6) is 0 Å². The fourth-order valence-corrected chi connectivity index (χ4v) is 7.54. The third-order valence-electron chi connectivity index (χ3n) is 11.8. The normalized spacial score (nSPS) is 12.9. The molecule has 0 radical (unpaired) electrons. The predicted octanol–water partition coefficient (Wildman–Crippen LogP) is 19.1. The van der Waals surface area contributed by atoms with Gasteiger partial charge in [0, 0.05) is 19.3 Å². The summed E-state index contributed by atoms with van der Waals surface area (Å²) in [6.45, 7) is 6.42. The maximum Gasteiger partial charge on any atom is 0.306 e. The van der Waals surface area contributed by atoms with E-state index in [1.54, 1.807) is 0 Å². The molecule has 0 spiro atoms. The van der Waals surface area contributed by atoms with Crippen LogP contribution in [0.2, 0.25) is 0 Å². The molecule has 0 aliphatic rings. The zero-order valence-electron chi connectivity index (χ0n) is 44.8. The van der Waals surface area contributed by atoms with Crippen LogP contribution in [0.3, 0.4) is 0 Å². The van der Waals surface area contributed by atoms with Crippen LogP contribution >= 0.6 is 0 Å².